The Kier molecular flexibility index (Phi) is 3.88. The molecule has 1 aliphatic carbocycles. The van der Waals surface area contributed by atoms with Crippen LogP contribution in [0.1, 0.15) is 43.6 Å². The number of halogens is 1. The first-order valence-corrected chi connectivity index (χ1v) is 6.07. The standard InChI is InChI=1S/C13H19FN2/c1-15-13-5-3-2-4-10(7-13)11-6-12(14)9-16-8-11/h6,8-10,13,15H,2-5,7H2,1H3. The molecule has 16 heavy (non-hydrogen) atoms. The van der Waals surface area contributed by atoms with Crippen molar-refractivity contribution in [2.45, 2.75) is 44.1 Å². The molecule has 1 heterocycles. The summed E-state index contributed by atoms with van der Waals surface area (Å²) >= 11 is 0. The molecule has 1 fully saturated rings. The Hall–Kier alpha value is -0.960. The maximum absolute atomic E-state index is 13.1. The molecule has 2 rings (SSSR count). The van der Waals surface area contributed by atoms with Crippen LogP contribution in [0.5, 0.6) is 0 Å². The summed E-state index contributed by atoms with van der Waals surface area (Å²) in [6, 6.07) is 2.20. The van der Waals surface area contributed by atoms with Gasteiger partial charge in [-0.3, -0.25) is 4.98 Å². The van der Waals surface area contributed by atoms with Crippen LogP contribution in [0.15, 0.2) is 18.5 Å². The molecule has 1 aromatic heterocycles. The van der Waals surface area contributed by atoms with Crippen LogP contribution in [0.3, 0.4) is 0 Å². The first kappa shape index (κ1) is 11.5. The summed E-state index contributed by atoms with van der Waals surface area (Å²) in [6.07, 6.45) is 9.08. The van der Waals surface area contributed by atoms with Crippen LogP contribution in [0.25, 0.3) is 0 Å². The monoisotopic (exact) mass is 222 g/mol. The first-order valence-electron chi connectivity index (χ1n) is 6.07. The molecule has 1 aromatic rings. The third kappa shape index (κ3) is 2.79. The summed E-state index contributed by atoms with van der Waals surface area (Å²) < 4.78 is 13.1. The Labute approximate surface area is 96.3 Å². The number of nitrogens with zero attached hydrogens (tertiary/aromatic N) is 1. The zero-order valence-corrected chi connectivity index (χ0v) is 9.75. The fourth-order valence-electron chi connectivity index (χ4n) is 2.58. The highest BCUT2D eigenvalue weighted by Gasteiger charge is 2.20. The van der Waals surface area contributed by atoms with Gasteiger partial charge in [-0.15, -0.1) is 0 Å². The number of nitrogens with one attached hydrogen (secondary N) is 1. The van der Waals surface area contributed by atoms with Gasteiger partial charge in [-0.2, -0.15) is 0 Å². The van der Waals surface area contributed by atoms with E-state index in [0.29, 0.717) is 12.0 Å². The van der Waals surface area contributed by atoms with Gasteiger partial charge in [0.25, 0.3) is 0 Å². The van der Waals surface area contributed by atoms with Crippen molar-refractivity contribution in [3.05, 3.63) is 29.8 Å². The van der Waals surface area contributed by atoms with Gasteiger partial charge >= 0.3 is 0 Å². The van der Waals surface area contributed by atoms with Gasteiger partial charge < -0.3 is 5.32 Å². The second kappa shape index (κ2) is 5.39. The smallest absolute Gasteiger partial charge is 0.141 e. The average Bonchev–Trinajstić information content (AvgIpc) is 2.54. The van der Waals surface area contributed by atoms with E-state index in [4.69, 9.17) is 0 Å². The van der Waals surface area contributed by atoms with E-state index in [9.17, 15) is 4.39 Å². The molecule has 0 bridgehead atoms. The lowest BCUT2D eigenvalue weighted by Gasteiger charge is -2.19. The Morgan fingerprint density at radius 3 is 2.88 bits per heavy atom. The average molecular weight is 222 g/mol. The van der Waals surface area contributed by atoms with Gasteiger partial charge in [0.2, 0.25) is 0 Å². The predicted molar refractivity (Wildman–Crippen MR) is 62.9 cm³/mol. The normalized spacial score (nSPS) is 26.4. The molecule has 2 nitrogen and oxygen atoms in total. The SMILES string of the molecule is CNC1CCCCC(c2cncc(F)c2)C1. The Morgan fingerprint density at radius 1 is 1.31 bits per heavy atom. The van der Waals surface area contributed by atoms with Crippen molar-refractivity contribution >= 4 is 0 Å². The fourth-order valence-corrected chi connectivity index (χ4v) is 2.58. The van der Waals surface area contributed by atoms with Crippen molar-refractivity contribution in [1.82, 2.24) is 10.3 Å². The highest BCUT2D eigenvalue weighted by molar-refractivity contribution is 5.16. The van der Waals surface area contributed by atoms with E-state index >= 15 is 0 Å². The topological polar surface area (TPSA) is 24.9 Å². The maximum atomic E-state index is 13.1. The third-order valence-electron chi connectivity index (χ3n) is 3.53. The fraction of sp³-hybridized carbons (Fsp3) is 0.615. The molecule has 88 valence electrons. The maximum Gasteiger partial charge on any atom is 0.141 e. The van der Waals surface area contributed by atoms with Gasteiger partial charge in [-0.05, 0) is 43.9 Å². The van der Waals surface area contributed by atoms with E-state index in [-0.39, 0.29) is 5.82 Å². The van der Waals surface area contributed by atoms with Crippen LogP contribution < -0.4 is 5.32 Å². The molecule has 3 heteroatoms. The second-order valence-electron chi connectivity index (χ2n) is 4.64. The number of hydrogen-bond acceptors (Lipinski definition) is 2. The molecule has 1 aliphatic rings. The highest BCUT2D eigenvalue weighted by Crippen LogP contribution is 2.31. The van der Waals surface area contributed by atoms with Crippen LogP contribution >= 0.6 is 0 Å². The van der Waals surface area contributed by atoms with Crippen LogP contribution in [0, 0.1) is 5.82 Å². The number of aromatic nitrogens is 1. The molecule has 2 unspecified atom stereocenters. The van der Waals surface area contributed by atoms with Crippen molar-refractivity contribution in [1.29, 1.82) is 0 Å². The molecule has 0 saturated heterocycles. The lowest BCUT2D eigenvalue weighted by Crippen LogP contribution is -2.25. The van der Waals surface area contributed by atoms with Gasteiger partial charge in [-0.25, -0.2) is 4.39 Å². The number of rotatable bonds is 2. The lowest BCUT2D eigenvalue weighted by molar-refractivity contribution is 0.469. The lowest BCUT2D eigenvalue weighted by atomic mass is 9.91. The largest absolute Gasteiger partial charge is 0.317 e. The zero-order chi connectivity index (χ0) is 11.4. The van der Waals surface area contributed by atoms with E-state index < -0.39 is 0 Å². The van der Waals surface area contributed by atoms with E-state index in [1.165, 1.54) is 25.5 Å². The minimum absolute atomic E-state index is 0.220. The number of pyridine rings is 1. The van der Waals surface area contributed by atoms with Gasteiger partial charge in [0, 0.05) is 12.2 Å². The summed E-state index contributed by atoms with van der Waals surface area (Å²) in [5, 5.41) is 3.34. The summed E-state index contributed by atoms with van der Waals surface area (Å²) in [5.41, 5.74) is 1.06. The minimum atomic E-state index is -0.220. The summed E-state index contributed by atoms with van der Waals surface area (Å²) in [6.45, 7) is 0. The third-order valence-corrected chi connectivity index (χ3v) is 3.53. The van der Waals surface area contributed by atoms with Gasteiger partial charge in [-0.1, -0.05) is 12.8 Å². The molecule has 1 saturated carbocycles. The predicted octanol–water partition coefficient (Wildman–Crippen LogP) is 2.86. The quantitative estimate of drug-likeness (QED) is 0.778. The van der Waals surface area contributed by atoms with Crippen molar-refractivity contribution in [2.24, 2.45) is 0 Å². The molecule has 2 atom stereocenters. The first-order chi connectivity index (χ1) is 7.79. The molecular weight excluding hydrogens is 203 g/mol. The minimum Gasteiger partial charge on any atom is -0.317 e. The summed E-state index contributed by atoms with van der Waals surface area (Å²) in [7, 11) is 2.01. The van der Waals surface area contributed by atoms with Gasteiger partial charge in [0.05, 0.1) is 6.20 Å². The van der Waals surface area contributed by atoms with Crippen LogP contribution in [0.4, 0.5) is 4.39 Å². The van der Waals surface area contributed by atoms with Crippen LogP contribution in [-0.4, -0.2) is 18.1 Å². The van der Waals surface area contributed by atoms with E-state index in [1.807, 2.05) is 13.2 Å². The summed E-state index contributed by atoms with van der Waals surface area (Å²) in [4.78, 5) is 3.95. The molecule has 1 N–H and O–H groups in total. The van der Waals surface area contributed by atoms with E-state index in [0.717, 1.165) is 18.4 Å². The van der Waals surface area contributed by atoms with Crippen molar-refractivity contribution in [3.63, 3.8) is 0 Å². The van der Waals surface area contributed by atoms with Crippen LogP contribution in [-0.2, 0) is 0 Å². The van der Waals surface area contributed by atoms with Gasteiger partial charge in [0.1, 0.15) is 5.82 Å². The van der Waals surface area contributed by atoms with Crippen LogP contribution in [0.2, 0.25) is 0 Å². The molecule has 0 amide bonds. The highest BCUT2D eigenvalue weighted by atomic mass is 19.1. The molecular formula is C13H19FN2. The Morgan fingerprint density at radius 2 is 2.12 bits per heavy atom. The Bertz CT molecular complexity index is 340. The molecule has 0 spiro atoms. The summed E-state index contributed by atoms with van der Waals surface area (Å²) in [5.74, 6) is 0.242. The van der Waals surface area contributed by atoms with Gasteiger partial charge in [0.15, 0.2) is 0 Å². The Balaban J connectivity index is 2.12. The van der Waals surface area contributed by atoms with Crippen molar-refractivity contribution in [3.8, 4) is 0 Å². The second-order valence-corrected chi connectivity index (χ2v) is 4.64. The molecule has 0 aliphatic heterocycles. The zero-order valence-electron chi connectivity index (χ0n) is 9.75. The van der Waals surface area contributed by atoms with Crippen molar-refractivity contribution in [2.75, 3.05) is 7.05 Å². The van der Waals surface area contributed by atoms with Crippen molar-refractivity contribution < 1.29 is 4.39 Å². The molecule has 0 radical (unpaired) electrons. The van der Waals surface area contributed by atoms with E-state index in [2.05, 4.69) is 10.3 Å². The molecule has 0 aromatic carbocycles. The van der Waals surface area contributed by atoms with E-state index in [1.54, 1.807) is 6.07 Å². The number of hydrogen-bond donors (Lipinski definition) is 1.